The van der Waals surface area contributed by atoms with E-state index in [1.807, 2.05) is 18.2 Å². The van der Waals surface area contributed by atoms with E-state index >= 15 is 0 Å². The van der Waals surface area contributed by atoms with Crippen LogP contribution in [0.2, 0.25) is 0 Å². The summed E-state index contributed by atoms with van der Waals surface area (Å²) < 4.78 is 5.67. The number of rotatable bonds is 2. The molecular formula is C10H13NO2. The Bertz CT molecular complexity index is 288. The zero-order valence-corrected chi connectivity index (χ0v) is 7.40. The highest BCUT2D eigenvalue weighted by Crippen LogP contribution is 2.26. The molecule has 0 aromatic heterocycles. The summed E-state index contributed by atoms with van der Waals surface area (Å²) in [7, 11) is 0. The molecule has 1 aliphatic heterocycles. The summed E-state index contributed by atoms with van der Waals surface area (Å²) in [5, 5.41) is 0. The summed E-state index contributed by atoms with van der Waals surface area (Å²) in [6.07, 6.45) is 2.14. The first-order valence-corrected chi connectivity index (χ1v) is 4.46. The van der Waals surface area contributed by atoms with Crippen LogP contribution in [-0.4, -0.2) is 12.7 Å². The van der Waals surface area contributed by atoms with Crippen LogP contribution in [0.4, 0.5) is 0 Å². The standard InChI is InChI=1S/C10H13NO2/c11-12-7-9-6-5-8-3-1-2-4-10(8)13-9/h1-4,9H,5-7,11H2. The van der Waals surface area contributed by atoms with Crippen LogP contribution < -0.4 is 10.6 Å². The van der Waals surface area contributed by atoms with Crippen LogP contribution in [0.15, 0.2) is 24.3 Å². The number of fused-ring (bicyclic) bond motifs is 1. The Morgan fingerprint density at radius 3 is 3.15 bits per heavy atom. The molecule has 70 valence electrons. The van der Waals surface area contributed by atoms with Gasteiger partial charge in [-0.05, 0) is 24.5 Å². The van der Waals surface area contributed by atoms with Crippen LogP contribution in [0.3, 0.4) is 0 Å². The van der Waals surface area contributed by atoms with Crippen LogP contribution in [-0.2, 0) is 11.3 Å². The van der Waals surface area contributed by atoms with Gasteiger partial charge < -0.3 is 9.57 Å². The smallest absolute Gasteiger partial charge is 0.124 e. The SMILES string of the molecule is NOCC1CCc2ccccc2O1. The lowest BCUT2D eigenvalue weighted by Gasteiger charge is -2.24. The van der Waals surface area contributed by atoms with Gasteiger partial charge in [0.1, 0.15) is 18.5 Å². The highest BCUT2D eigenvalue weighted by molar-refractivity contribution is 5.35. The van der Waals surface area contributed by atoms with E-state index in [1.165, 1.54) is 5.56 Å². The summed E-state index contributed by atoms with van der Waals surface area (Å²) in [4.78, 5) is 4.57. The molecule has 1 aromatic carbocycles. The van der Waals surface area contributed by atoms with Crippen LogP contribution in [0, 0.1) is 0 Å². The van der Waals surface area contributed by atoms with Crippen molar-refractivity contribution in [1.82, 2.24) is 0 Å². The maximum Gasteiger partial charge on any atom is 0.124 e. The topological polar surface area (TPSA) is 44.5 Å². The summed E-state index contributed by atoms with van der Waals surface area (Å²) in [5.41, 5.74) is 1.27. The number of benzene rings is 1. The van der Waals surface area contributed by atoms with Crippen molar-refractivity contribution < 1.29 is 9.57 Å². The van der Waals surface area contributed by atoms with E-state index in [0.717, 1.165) is 18.6 Å². The highest BCUT2D eigenvalue weighted by Gasteiger charge is 2.18. The third kappa shape index (κ3) is 1.82. The zero-order valence-electron chi connectivity index (χ0n) is 7.40. The van der Waals surface area contributed by atoms with Crippen molar-refractivity contribution in [2.24, 2.45) is 5.90 Å². The second-order valence-corrected chi connectivity index (χ2v) is 3.22. The molecule has 0 amide bonds. The predicted octanol–water partition coefficient (Wildman–Crippen LogP) is 1.27. The second kappa shape index (κ2) is 3.77. The Morgan fingerprint density at radius 1 is 1.46 bits per heavy atom. The minimum absolute atomic E-state index is 0.111. The number of hydrogen-bond acceptors (Lipinski definition) is 3. The maximum atomic E-state index is 5.67. The van der Waals surface area contributed by atoms with Crippen LogP contribution in [0.1, 0.15) is 12.0 Å². The molecule has 1 heterocycles. The molecule has 0 fully saturated rings. The molecule has 0 saturated heterocycles. The number of nitrogens with two attached hydrogens (primary N) is 1. The molecule has 0 radical (unpaired) electrons. The first-order chi connectivity index (χ1) is 6.40. The number of para-hydroxylation sites is 1. The molecule has 13 heavy (non-hydrogen) atoms. The fourth-order valence-corrected chi connectivity index (χ4v) is 1.60. The molecule has 1 aliphatic rings. The molecule has 0 bridgehead atoms. The Kier molecular flexibility index (Phi) is 2.47. The average molecular weight is 179 g/mol. The van der Waals surface area contributed by atoms with E-state index in [2.05, 4.69) is 10.9 Å². The molecule has 0 aliphatic carbocycles. The molecular weight excluding hydrogens is 166 g/mol. The van der Waals surface area contributed by atoms with Gasteiger partial charge in [0.25, 0.3) is 0 Å². The predicted molar refractivity (Wildman–Crippen MR) is 49.3 cm³/mol. The van der Waals surface area contributed by atoms with Gasteiger partial charge in [0, 0.05) is 0 Å². The van der Waals surface area contributed by atoms with E-state index in [1.54, 1.807) is 0 Å². The van der Waals surface area contributed by atoms with Crippen LogP contribution >= 0.6 is 0 Å². The van der Waals surface area contributed by atoms with E-state index in [9.17, 15) is 0 Å². The number of aryl methyl sites for hydroxylation is 1. The summed E-state index contributed by atoms with van der Waals surface area (Å²) in [6.45, 7) is 0.467. The molecule has 1 aromatic rings. The van der Waals surface area contributed by atoms with Gasteiger partial charge in [-0.25, -0.2) is 5.90 Å². The first kappa shape index (κ1) is 8.53. The molecule has 3 heteroatoms. The fraction of sp³-hybridized carbons (Fsp3) is 0.400. The van der Waals surface area contributed by atoms with Crippen molar-refractivity contribution in [2.45, 2.75) is 18.9 Å². The van der Waals surface area contributed by atoms with Crippen molar-refractivity contribution in [3.05, 3.63) is 29.8 Å². The van der Waals surface area contributed by atoms with Crippen LogP contribution in [0.25, 0.3) is 0 Å². The lowest BCUT2D eigenvalue weighted by Crippen LogP contribution is -2.28. The Morgan fingerprint density at radius 2 is 2.31 bits per heavy atom. The Labute approximate surface area is 77.4 Å². The van der Waals surface area contributed by atoms with E-state index in [0.29, 0.717) is 6.61 Å². The van der Waals surface area contributed by atoms with Gasteiger partial charge in [-0.15, -0.1) is 0 Å². The molecule has 1 atom stereocenters. The molecule has 3 nitrogen and oxygen atoms in total. The Hall–Kier alpha value is -1.06. The van der Waals surface area contributed by atoms with Crippen molar-refractivity contribution in [1.29, 1.82) is 0 Å². The van der Waals surface area contributed by atoms with Crippen molar-refractivity contribution in [2.75, 3.05) is 6.61 Å². The van der Waals surface area contributed by atoms with Gasteiger partial charge in [0.15, 0.2) is 0 Å². The summed E-state index contributed by atoms with van der Waals surface area (Å²) in [6, 6.07) is 8.08. The summed E-state index contributed by atoms with van der Waals surface area (Å²) in [5.74, 6) is 5.97. The lowest BCUT2D eigenvalue weighted by molar-refractivity contribution is 0.0398. The maximum absolute atomic E-state index is 5.67. The van der Waals surface area contributed by atoms with Crippen molar-refractivity contribution in [3.63, 3.8) is 0 Å². The largest absolute Gasteiger partial charge is 0.488 e. The first-order valence-electron chi connectivity index (χ1n) is 4.46. The number of ether oxygens (including phenoxy) is 1. The quantitative estimate of drug-likeness (QED) is 0.695. The minimum Gasteiger partial charge on any atom is -0.488 e. The summed E-state index contributed by atoms with van der Waals surface area (Å²) >= 11 is 0. The van der Waals surface area contributed by atoms with Crippen LogP contribution in [0.5, 0.6) is 5.75 Å². The average Bonchev–Trinajstić information content (AvgIpc) is 2.18. The van der Waals surface area contributed by atoms with Crippen molar-refractivity contribution in [3.8, 4) is 5.75 Å². The molecule has 2 N–H and O–H groups in total. The Balaban J connectivity index is 2.11. The molecule has 1 unspecified atom stereocenters. The highest BCUT2D eigenvalue weighted by atomic mass is 16.6. The monoisotopic (exact) mass is 179 g/mol. The molecule has 0 spiro atoms. The third-order valence-electron chi connectivity index (χ3n) is 2.28. The van der Waals surface area contributed by atoms with Gasteiger partial charge in [0.2, 0.25) is 0 Å². The van der Waals surface area contributed by atoms with E-state index in [-0.39, 0.29) is 6.10 Å². The number of hydrogen-bond donors (Lipinski definition) is 1. The van der Waals surface area contributed by atoms with Gasteiger partial charge in [-0.1, -0.05) is 18.2 Å². The van der Waals surface area contributed by atoms with E-state index < -0.39 is 0 Å². The van der Waals surface area contributed by atoms with Crippen molar-refractivity contribution >= 4 is 0 Å². The van der Waals surface area contributed by atoms with Gasteiger partial charge in [-0.2, -0.15) is 0 Å². The van der Waals surface area contributed by atoms with Gasteiger partial charge >= 0.3 is 0 Å². The van der Waals surface area contributed by atoms with E-state index in [4.69, 9.17) is 10.6 Å². The lowest BCUT2D eigenvalue weighted by atomic mass is 10.0. The normalized spacial score (nSPS) is 20.5. The third-order valence-corrected chi connectivity index (χ3v) is 2.28. The fourth-order valence-electron chi connectivity index (χ4n) is 1.60. The zero-order chi connectivity index (χ0) is 9.10. The minimum atomic E-state index is 0.111. The van der Waals surface area contributed by atoms with Gasteiger partial charge in [-0.3, -0.25) is 0 Å². The molecule has 0 saturated carbocycles. The molecule has 2 rings (SSSR count). The van der Waals surface area contributed by atoms with Gasteiger partial charge in [0.05, 0.1) is 0 Å². The second-order valence-electron chi connectivity index (χ2n) is 3.22.